The van der Waals surface area contributed by atoms with E-state index < -0.39 is 23.5 Å². The van der Waals surface area contributed by atoms with Crippen LogP contribution in [0.3, 0.4) is 0 Å². The fourth-order valence-electron chi connectivity index (χ4n) is 3.46. The average Bonchev–Trinajstić information content (AvgIpc) is 2.82. The van der Waals surface area contributed by atoms with Crippen LogP contribution in [-0.2, 0) is 9.53 Å². The van der Waals surface area contributed by atoms with Gasteiger partial charge >= 0.3 is 6.09 Å². The van der Waals surface area contributed by atoms with Gasteiger partial charge in [0.2, 0.25) is 5.91 Å². The number of nitrogen functional groups attached to an aromatic ring is 1. The van der Waals surface area contributed by atoms with E-state index in [1.54, 1.807) is 68.5 Å². The predicted octanol–water partition coefficient (Wildman–Crippen LogP) is 7.32. The molecule has 1 atom stereocenters. The van der Waals surface area contributed by atoms with Crippen molar-refractivity contribution in [1.82, 2.24) is 0 Å². The molecule has 0 radical (unpaired) electrons. The number of benzene rings is 3. The number of aryl methyl sites for hydroxylation is 1. The van der Waals surface area contributed by atoms with Crippen molar-refractivity contribution in [3.8, 4) is 5.75 Å². The van der Waals surface area contributed by atoms with Crippen LogP contribution < -0.4 is 16.4 Å². The number of carbonyl (C=O) groups excluding carboxylic acids is 2. The minimum Gasteiger partial charge on any atom is -0.506 e. The lowest BCUT2D eigenvalue weighted by molar-refractivity contribution is -0.112. The first-order valence-corrected chi connectivity index (χ1v) is 12.6. The molecule has 2 amide bonds. The Labute approximate surface area is 227 Å². The molecule has 7 nitrogen and oxygen atoms in total. The maximum absolute atomic E-state index is 12.9. The first-order chi connectivity index (χ1) is 17.0. The van der Waals surface area contributed by atoms with E-state index in [1.807, 2.05) is 19.1 Å². The highest BCUT2D eigenvalue weighted by atomic mass is 79.9. The Balaban J connectivity index is 1.89. The lowest BCUT2D eigenvalue weighted by Crippen LogP contribution is -2.28. The summed E-state index contributed by atoms with van der Waals surface area (Å²) in [5.41, 5.74) is 7.90. The summed E-state index contributed by atoms with van der Waals surface area (Å²) in [6.45, 7) is 5.54. The van der Waals surface area contributed by atoms with Crippen LogP contribution in [0.2, 0.25) is 0 Å². The van der Waals surface area contributed by atoms with Crippen LogP contribution in [0.1, 0.15) is 31.1 Å². The van der Waals surface area contributed by atoms with Gasteiger partial charge in [-0.25, -0.2) is 4.79 Å². The Morgan fingerprint density at radius 1 is 1.06 bits per heavy atom. The average molecular weight is 617 g/mol. The molecule has 188 valence electrons. The van der Waals surface area contributed by atoms with E-state index in [2.05, 4.69) is 42.5 Å². The summed E-state index contributed by atoms with van der Waals surface area (Å²) in [6, 6.07) is 17.6. The zero-order valence-corrected chi connectivity index (χ0v) is 23.2. The number of amides is 2. The number of halogens is 2. The first-order valence-electron chi connectivity index (χ1n) is 11.0. The Bertz CT molecular complexity index is 1290. The SMILES string of the molecule is Cc1ccc(NC(=O)O[C@@H](c2cc(Br)cc(Br)c2O)C(C)(C)/C=C/C(=O)Nc2ccccc2N)cc1. The lowest BCUT2D eigenvalue weighted by Gasteiger charge is -2.32. The van der Waals surface area contributed by atoms with Crippen molar-refractivity contribution in [2.45, 2.75) is 26.9 Å². The quantitative estimate of drug-likeness (QED) is 0.164. The molecule has 3 aromatic carbocycles. The number of para-hydroxylation sites is 2. The summed E-state index contributed by atoms with van der Waals surface area (Å²) >= 11 is 6.76. The van der Waals surface area contributed by atoms with Gasteiger partial charge in [0.15, 0.2) is 0 Å². The third-order valence-electron chi connectivity index (χ3n) is 5.42. The zero-order chi connectivity index (χ0) is 26.5. The monoisotopic (exact) mass is 615 g/mol. The molecule has 0 aliphatic carbocycles. The van der Waals surface area contributed by atoms with Crippen molar-refractivity contribution in [1.29, 1.82) is 0 Å². The summed E-state index contributed by atoms with van der Waals surface area (Å²) in [7, 11) is 0. The second kappa shape index (κ2) is 11.6. The Morgan fingerprint density at radius 2 is 1.72 bits per heavy atom. The third kappa shape index (κ3) is 7.11. The van der Waals surface area contributed by atoms with Crippen LogP contribution >= 0.6 is 31.9 Å². The molecule has 0 spiro atoms. The van der Waals surface area contributed by atoms with E-state index in [1.165, 1.54) is 6.08 Å². The molecular weight excluding hydrogens is 590 g/mol. The summed E-state index contributed by atoms with van der Waals surface area (Å²) < 4.78 is 6.94. The Kier molecular flexibility index (Phi) is 8.81. The van der Waals surface area contributed by atoms with Crippen LogP contribution in [0, 0.1) is 12.3 Å². The number of phenolic OH excluding ortho intramolecular Hbond substituents is 1. The van der Waals surface area contributed by atoms with E-state index >= 15 is 0 Å². The molecule has 0 fully saturated rings. The van der Waals surface area contributed by atoms with Crippen LogP contribution in [0.4, 0.5) is 21.9 Å². The van der Waals surface area contributed by atoms with Gasteiger partial charge in [-0.1, -0.05) is 65.7 Å². The number of phenols is 1. The summed E-state index contributed by atoms with van der Waals surface area (Å²) in [5, 5.41) is 16.2. The molecule has 36 heavy (non-hydrogen) atoms. The van der Waals surface area contributed by atoms with Gasteiger partial charge < -0.3 is 20.9 Å². The largest absolute Gasteiger partial charge is 0.506 e. The van der Waals surface area contributed by atoms with Crippen LogP contribution in [0.15, 0.2) is 81.8 Å². The van der Waals surface area contributed by atoms with Gasteiger partial charge in [-0.2, -0.15) is 0 Å². The van der Waals surface area contributed by atoms with E-state index in [0.717, 1.165) is 5.56 Å². The van der Waals surface area contributed by atoms with Crippen molar-refractivity contribution in [2.75, 3.05) is 16.4 Å². The second-order valence-corrected chi connectivity index (χ2v) is 10.6. The number of carbonyl (C=O) groups is 2. The molecule has 0 heterocycles. The minimum absolute atomic E-state index is 0.0747. The fraction of sp³-hybridized carbons (Fsp3) is 0.185. The number of hydrogen-bond acceptors (Lipinski definition) is 5. The van der Waals surface area contributed by atoms with Crippen molar-refractivity contribution in [2.24, 2.45) is 5.41 Å². The third-order valence-corrected chi connectivity index (χ3v) is 6.48. The number of ether oxygens (including phenoxy) is 1. The van der Waals surface area contributed by atoms with Crippen LogP contribution in [0.25, 0.3) is 0 Å². The van der Waals surface area contributed by atoms with E-state index in [-0.39, 0.29) is 5.75 Å². The molecule has 0 aromatic heterocycles. The van der Waals surface area contributed by atoms with Gasteiger partial charge in [-0.15, -0.1) is 0 Å². The van der Waals surface area contributed by atoms with E-state index in [9.17, 15) is 14.7 Å². The van der Waals surface area contributed by atoms with Crippen LogP contribution in [-0.4, -0.2) is 17.1 Å². The number of aromatic hydroxyl groups is 1. The maximum Gasteiger partial charge on any atom is 0.412 e. The molecule has 0 saturated carbocycles. The maximum atomic E-state index is 12.9. The minimum atomic E-state index is -0.956. The molecular formula is C27H27Br2N3O4. The molecule has 0 unspecified atom stereocenters. The highest BCUT2D eigenvalue weighted by Gasteiger charge is 2.35. The highest BCUT2D eigenvalue weighted by Crippen LogP contribution is 2.45. The standard InChI is InChI=1S/C27H27Br2N3O4/c1-16-8-10-18(11-9-16)31-26(35)36-25(19-14-17(28)15-20(29)24(19)34)27(2,3)13-12-23(33)32-22-7-5-4-6-21(22)30/h4-15,25,34H,30H2,1-3H3,(H,31,35)(H,32,33)/b13-12+/t25-/m0/s1. The van der Waals surface area contributed by atoms with E-state index in [4.69, 9.17) is 10.5 Å². The molecule has 0 aliphatic heterocycles. The van der Waals surface area contributed by atoms with Crippen LogP contribution in [0.5, 0.6) is 5.75 Å². The Morgan fingerprint density at radius 3 is 2.39 bits per heavy atom. The van der Waals surface area contributed by atoms with Gasteiger partial charge in [0.05, 0.1) is 15.8 Å². The van der Waals surface area contributed by atoms with Gasteiger partial charge in [0.1, 0.15) is 11.9 Å². The number of hydrogen-bond donors (Lipinski definition) is 4. The van der Waals surface area contributed by atoms with Crippen molar-refractivity contribution in [3.05, 3.63) is 92.9 Å². The topological polar surface area (TPSA) is 114 Å². The molecule has 5 N–H and O–H groups in total. The number of nitrogens with one attached hydrogen (secondary N) is 2. The van der Waals surface area contributed by atoms with Crippen molar-refractivity contribution >= 4 is 60.9 Å². The second-order valence-electron chi connectivity index (χ2n) is 8.83. The summed E-state index contributed by atoms with van der Waals surface area (Å²) in [4.78, 5) is 25.5. The zero-order valence-electron chi connectivity index (χ0n) is 20.0. The Hall–Kier alpha value is -3.30. The molecule has 0 saturated heterocycles. The van der Waals surface area contributed by atoms with Crippen molar-refractivity contribution in [3.63, 3.8) is 0 Å². The molecule has 0 bridgehead atoms. The predicted molar refractivity (Wildman–Crippen MR) is 150 cm³/mol. The number of nitrogens with two attached hydrogens (primary N) is 1. The van der Waals surface area contributed by atoms with Gasteiger partial charge in [-0.3, -0.25) is 10.1 Å². The van der Waals surface area contributed by atoms with Crippen molar-refractivity contribution < 1.29 is 19.4 Å². The number of rotatable bonds is 7. The summed E-state index contributed by atoms with van der Waals surface area (Å²) in [5.74, 6) is -0.474. The van der Waals surface area contributed by atoms with Gasteiger partial charge in [0, 0.05) is 21.1 Å². The summed E-state index contributed by atoms with van der Waals surface area (Å²) in [6.07, 6.45) is 1.31. The highest BCUT2D eigenvalue weighted by molar-refractivity contribution is 9.11. The van der Waals surface area contributed by atoms with Gasteiger partial charge in [-0.05, 0) is 65.3 Å². The first kappa shape index (κ1) is 27.3. The molecule has 9 heteroatoms. The normalized spacial score (nSPS) is 12.2. The molecule has 3 aromatic rings. The molecule has 3 rings (SSSR count). The van der Waals surface area contributed by atoms with E-state index in [0.29, 0.717) is 31.6 Å². The van der Waals surface area contributed by atoms with Gasteiger partial charge in [0.25, 0.3) is 0 Å². The number of anilines is 3. The molecule has 0 aliphatic rings. The lowest BCUT2D eigenvalue weighted by atomic mass is 9.81. The fourth-order valence-corrected chi connectivity index (χ4v) is 4.71. The smallest absolute Gasteiger partial charge is 0.412 e.